The second-order valence-corrected chi connectivity index (χ2v) is 3.06. The standard InChI is InChI=1S/C9H11N5/c10-7-3-1-6(2-4-7)5-8-12-9(11)14-13-8/h1-4H,5,10H2,(H3,11,12,13,14). The minimum absolute atomic E-state index is 0.274. The monoisotopic (exact) mass is 189 g/mol. The smallest absolute Gasteiger partial charge is 0.239 e. The molecule has 5 N–H and O–H groups in total. The van der Waals surface area contributed by atoms with Gasteiger partial charge in [0.05, 0.1) is 0 Å². The number of nitrogen functional groups attached to an aromatic ring is 2. The van der Waals surface area contributed by atoms with Crippen molar-refractivity contribution in [2.75, 3.05) is 11.5 Å². The zero-order valence-electron chi connectivity index (χ0n) is 7.57. The first kappa shape index (κ1) is 8.55. The maximum absolute atomic E-state index is 5.57. The largest absolute Gasteiger partial charge is 0.399 e. The molecule has 2 rings (SSSR count). The van der Waals surface area contributed by atoms with Crippen LogP contribution in [0.1, 0.15) is 11.4 Å². The summed E-state index contributed by atoms with van der Waals surface area (Å²) in [6, 6.07) is 7.62. The molecule has 0 fully saturated rings. The molecule has 72 valence electrons. The number of hydrogen-bond acceptors (Lipinski definition) is 4. The maximum Gasteiger partial charge on any atom is 0.239 e. The molecule has 0 unspecified atom stereocenters. The maximum atomic E-state index is 5.57. The van der Waals surface area contributed by atoms with Crippen molar-refractivity contribution in [1.29, 1.82) is 0 Å². The highest BCUT2D eigenvalue weighted by atomic mass is 15.3. The van der Waals surface area contributed by atoms with Crippen LogP contribution in [0.5, 0.6) is 0 Å². The van der Waals surface area contributed by atoms with Crippen molar-refractivity contribution in [2.24, 2.45) is 0 Å². The lowest BCUT2D eigenvalue weighted by Crippen LogP contribution is -1.92. The number of benzene rings is 1. The third-order valence-corrected chi connectivity index (χ3v) is 1.90. The molecule has 0 aliphatic carbocycles. The zero-order chi connectivity index (χ0) is 9.97. The Morgan fingerprint density at radius 3 is 2.43 bits per heavy atom. The minimum Gasteiger partial charge on any atom is -0.399 e. The Morgan fingerprint density at radius 1 is 1.14 bits per heavy atom. The predicted octanol–water partition coefficient (Wildman–Crippen LogP) is 0.560. The molecule has 1 aromatic carbocycles. The van der Waals surface area contributed by atoms with Crippen LogP contribution in [0.3, 0.4) is 0 Å². The van der Waals surface area contributed by atoms with Gasteiger partial charge in [0.15, 0.2) is 0 Å². The van der Waals surface area contributed by atoms with Crippen molar-refractivity contribution in [2.45, 2.75) is 6.42 Å². The molecule has 5 heteroatoms. The first-order chi connectivity index (χ1) is 6.74. The van der Waals surface area contributed by atoms with Gasteiger partial charge < -0.3 is 11.5 Å². The minimum atomic E-state index is 0.274. The molecule has 1 aromatic heterocycles. The summed E-state index contributed by atoms with van der Waals surface area (Å²) < 4.78 is 0. The Labute approximate surface area is 81.2 Å². The van der Waals surface area contributed by atoms with Gasteiger partial charge in [0.1, 0.15) is 5.82 Å². The van der Waals surface area contributed by atoms with Crippen LogP contribution < -0.4 is 11.5 Å². The van der Waals surface area contributed by atoms with E-state index in [2.05, 4.69) is 15.2 Å². The molecule has 5 nitrogen and oxygen atoms in total. The summed E-state index contributed by atoms with van der Waals surface area (Å²) in [5, 5.41) is 6.50. The number of rotatable bonds is 2. The zero-order valence-corrected chi connectivity index (χ0v) is 7.57. The van der Waals surface area contributed by atoms with Gasteiger partial charge in [0.25, 0.3) is 0 Å². The summed E-state index contributed by atoms with van der Waals surface area (Å²) in [6.45, 7) is 0. The fourth-order valence-corrected chi connectivity index (χ4v) is 1.22. The molecule has 0 spiro atoms. The number of nitrogens with two attached hydrogens (primary N) is 2. The van der Waals surface area contributed by atoms with Gasteiger partial charge >= 0.3 is 0 Å². The third kappa shape index (κ3) is 1.82. The SMILES string of the molecule is Nc1ccc(Cc2nc(N)n[nH]2)cc1. The van der Waals surface area contributed by atoms with E-state index in [-0.39, 0.29) is 5.95 Å². The van der Waals surface area contributed by atoms with Gasteiger partial charge in [0, 0.05) is 12.1 Å². The number of nitrogens with zero attached hydrogens (tertiary/aromatic N) is 2. The Kier molecular flexibility index (Phi) is 2.06. The highest BCUT2D eigenvalue weighted by molar-refractivity contribution is 5.39. The predicted molar refractivity (Wildman–Crippen MR) is 54.5 cm³/mol. The van der Waals surface area contributed by atoms with Gasteiger partial charge in [0.2, 0.25) is 5.95 Å². The average molecular weight is 189 g/mol. The number of hydrogen-bond donors (Lipinski definition) is 3. The van der Waals surface area contributed by atoms with E-state index >= 15 is 0 Å². The van der Waals surface area contributed by atoms with E-state index in [1.165, 1.54) is 0 Å². The van der Waals surface area contributed by atoms with Crippen molar-refractivity contribution in [3.8, 4) is 0 Å². The molecule has 1 heterocycles. The molecule has 0 saturated heterocycles. The van der Waals surface area contributed by atoms with Crippen molar-refractivity contribution in [3.05, 3.63) is 35.7 Å². The number of nitrogens with one attached hydrogen (secondary N) is 1. The van der Waals surface area contributed by atoms with Gasteiger partial charge in [-0.15, -0.1) is 5.10 Å². The fourth-order valence-electron chi connectivity index (χ4n) is 1.22. The second kappa shape index (κ2) is 3.37. The summed E-state index contributed by atoms with van der Waals surface area (Å²) in [6.07, 6.45) is 0.685. The van der Waals surface area contributed by atoms with Crippen molar-refractivity contribution >= 4 is 11.6 Å². The van der Waals surface area contributed by atoms with Crippen molar-refractivity contribution in [3.63, 3.8) is 0 Å². The average Bonchev–Trinajstić information content (AvgIpc) is 2.56. The van der Waals surface area contributed by atoms with Crippen LogP contribution in [0.4, 0.5) is 11.6 Å². The number of anilines is 2. The van der Waals surface area contributed by atoms with E-state index in [9.17, 15) is 0 Å². The molecule has 0 radical (unpaired) electrons. The Bertz CT molecular complexity index is 417. The van der Waals surface area contributed by atoms with Crippen LogP contribution in [0.25, 0.3) is 0 Å². The number of H-pyrrole nitrogens is 1. The Morgan fingerprint density at radius 2 is 1.86 bits per heavy atom. The molecule has 0 atom stereocenters. The van der Waals surface area contributed by atoms with E-state index in [4.69, 9.17) is 11.5 Å². The summed E-state index contributed by atoms with van der Waals surface area (Å²) in [5.74, 6) is 1.03. The Hall–Kier alpha value is -2.04. The Balaban J connectivity index is 2.15. The van der Waals surface area contributed by atoms with Gasteiger partial charge in [-0.25, -0.2) is 0 Å². The highest BCUT2D eigenvalue weighted by Crippen LogP contribution is 2.09. The molecular weight excluding hydrogens is 178 g/mol. The van der Waals surface area contributed by atoms with Gasteiger partial charge in [-0.2, -0.15) is 4.98 Å². The van der Waals surface area contributed by atoms with Crippen LogP contribution >= 0.6 is 0 Å². The number of aromatic nitrogens is 3. The summed E-state index contributed by atoms with van der Waals surface area (Å²) in [7, 11) is 0. The third-order valence-electron chi connectivity index (χ3n) is 1.90. The van der Waals surface area contributed by atoms with E-state index in [0.717, 1.165) is 17.1 Å². The summed E-state index contributed by atoms with van der Waals surface area (Å²) in [4.78, 5) is 4.01. The van der Waals surface area contributed by atoms with E-state index in [1.54, 1.807) is 0 Å². The molecule has 0 aliphatic rings. The molecule has 0 saturated carbocycles. The highest BCUT2D eigenvalue weighted by Gasteiger charge is 2.00. The lowest BCUT2D eigenvalue weighted by Gasteiger charge is -1.97. The van der Waals surface area contributed by atoms with Gasteiger partial charge in [-0.3, -0.25) is 5.10 Å². The van der Waals surface area contributed by atoms with Crippen molar-refractivity contribution < 1.29 is 0 Å². The van der Waals surface area contributed by atoms with E-state index in [0.29, 0.717) is 6.42 Å². The first-order valence-electron chi connectivity index (χ1n) is 4.25. The molecule has 0 amide bonds. The normalized spacial score (nSPS) is 10.3. The fraction of sp³-hybridized carbons (Fsp3) is 0.111. The van der Waals surface area contributed by atoms with Crippen LogP contribution in [-0.4, -0.2) is 15.2 Å². The molecule has 2 aromatic rings. The first-order valence-corrected chi connectivity index (χ1v) is 4.25. The van der Waals surface area contributed by atoms with E-state index < -0.39 is 0 Å². The topological polar surface area (TPSA) is 93.6 Å². The van der Waals surface area contributed by atoms with Crippen molar-refractivity contribution in [1.82, 2.24) is 15.2 Å². The molecular formula is C9H11N5. The summed E-state index contributed by atoms with van der Waals surface area (Å²) >= 11 is 0. The van der Waals surface area contributed by atoms with Crippen LogP contribution in [0, 0.1) is 0 Å². The van der Waals surface area contributed by atoms with Gasteiger partial charge in [-0.05, 0) is 17.7 Å². The van der Waals surface area contributed by atoms with Crippen LogP contribution in [-0.2, 0) is 6.42 Å². The molecule has 0 bridgehead atoms. The molecule has 0 aliphatic heterocycles. The molecule has 14 heavy (non-hydrogen) atoms. The van der Waals surface area contributed by atoms with Crippen LogP contribution in [0.15, 0.2) is 24.3 Å². The lowest BCUT2D eigenvalue weighted by atomic mass is 10.1. The lowest BCUT2D eigenvalue weighted by molar-refractivity contribution is 0.973. The van der Waals surface area contributed by atoms with Crippen LogP contribution in [0.2, 0.25) is 0 Å². The quantitative estimate of drug-likeness (QED) is 0.602. The van der Waals surface area contributed by atoms with Gasteiger partial charge in [-0.1, -0.05) is 12.1 Å². The number of aromatic amines is 1. The summed E-state index contributed by atoms with van der Waals surface area (Å²) in [5.41, 5.74) is 12.8. The second-order valence-electron chi connectivity index (χ2n) is 3.06. The van der Waals surface area contributed by atoms with E-state index in [1.807, 2.05) is 24.3 Å².